The smallest absolute Gasteiger partial charge is 0.307 e. The number of benzene rings is 3. The summed E-state index contributed by atoms with van der Waals surface area (Å²) in [7, 11) is 0. The van der Waals surface area contributed by atoms with Crippen molar-refractivity contribution in [2.75, 3.05) is 0 Å². The second kappa shape index (κ2) is 6.34. The molecule has 3 aromatic carbocycles. The molecule has 0 saturated heterocycles. The molecule has 0 spiro atoms. The Balaban J connectivity index is 2.08. The Kier molecular flexibility index (Phi) is 4.00. The molecule has 0 amide bonds. The van der Waals surface area contributed by atoms with Crippen LogP contribution in [0.1, 0.15) is 30.9 Å². The van der Waals surface area contributed by atoms with Crippen LogP contribution in [0.25, 0.3) is 32.9 Å². The second-order valence-electron chi connectivity index (χ2n) is 7.00. The van der Waals surface area contributed by atoms with Gasteiger partial charge in [0.1, 0.15) is 0 Å². The molecule has 4 aromatic rings. The number of para-hydroxylation sites is 1. The number of carboxylic acids is 1. The Hall–Kier alpha value is -3.07. The number of hydrogen-bond acceptors (Lipinski definition) is 1. The number of fused-ring (bicyclic) bond motifs is 2. The summed E-state index contributed by atoms with van der Waals surface area (Å²) in [5, 5.41) is 12.8. The molecule has 0 aliphatic rings. The molecule has 0 aliphatic carbocycles. The van der Waals surface area contributed by atoms with E-state index in [1.165, 1.54) is 5.56 Å². The van der Waals surface area contributed by atoms with Crippen molar-refractivity contribution in [1.82, 2.24) is 4.98 Å². The Bertz CT molecular complexity index is 1120. The van der Waals surface area contributed by atoms with Gasteiger partial charge in [-0.15, -0.1) is 0 Å². The number of aromatic nitrogens is 1. The summed E-state index contributed by atoms with van der Waals surface area (Å²) in [6, 6.07) is 20.5. The summed E-state index contributed by atoms with van der Waals surface area (Å²) in [6.07, 6.45) is 0.000102. The number of hydrogen-bond donors (Lipinski definition) is 2. The lowest BCUT2D eigenvalue weighted by atomic mass is 9.96. The number of nitrogens with one attached hydrogen (secondary N) is 1. The van der Waals surface area contributed by atoms with E-state index in [4.69, 9.17) is 0 Å². The first-order valence-corrected chi connectivity index (χ1v) is 8.89. The summed E-state index contributed by atoms with van der Waals surface area (Å²) in [5.74, 6) is -0.460. The Labute approximate surface area is 152 Å². The van der Waals surface area contributed by atoms with Crippen molar-refractivity contribution < 1.29 is 9.90 Å². The summed E-state index contributed by atoms with van der Waals surface area (Å²) in [6.45, 7) is 4.31. The number of carbonyl (C=O) groups is 1. The van der Waals surface area contributed by atoms with Gasteiger partial charge in [-0.3, -0.25) is 4.79 Å². The molecular weight excluding hydrogens is 322 g/mol. The van der Waals surface area contributed by atoms with Crippen LogP contribution in [0, 0.1) is 0 Å². The highest BCUT2D eigenvalue weighted by atomic mass is 16.4. The average molecular weight is 343 g/mol. The van der Waals surface area contributed by atoms with E-state index in [-0.39, 0.29) is 6.42 Å². The Morgan fingerprint density at radius 1 is 0.962 bits per heavy atom. The number of carboxylic acid groups (broad SMARTS) is 1. The second-order valence-corrected chi connectivity index (χ2v) is 7.00. The molecule has 130 valence electrons. The number of rotatable bonds is 4. The third kappa shape index (κ3) is 2.66. The van der Waals surface area contributed by atoms with E-state index < -0.39 is 5.97 Å². The number of aliphatic carboxylic acids is 1. The average Bonchev–Trinajstić information content (AvgIpc) is 2.99. The molecule has 1 aromatic heterocycles. The fourth-order valence-corrected chi connectivity index (χ4v) is 3.79. The summed E-state index contributed by atoms with van der Waals surface area (Å²) in [5.41, 5.74) is 5.06. The van der Waals surface area contributed by atoms with E-state index in [0.717, 1.165) is 38.5 Å². The van der Waals surface area contributed by atoms with Crippen LogP contribution < -0.4 is 0 Å². The molecule has 0 fully saturated rings. The normalized spacial score (nSPS) is 11.5. The number of H-pyrrole nitrogens is 1. The van der Waals surface area contributed by atoms with Gasteiger partial charge in [-0.1, -0.05) is 74.5 Å². The van der Waals surface area contributed by atoms with Crippen LogP contribution in [0.3, 0.4) is 0 Å². The van der Waals surface area contributed by atoms with Gasteiger partial charge in [0.15, 0.2) is 0 Å². The van der Waals surface area contributed by atoms with Crippen LogP contribution in [0.4, 0.5) is 0 Å². The van der Waals surface area contributed by atoms with Crippen LogP contribution in [0.5, 0.6) is 0 Å². The molecule has 0 aliphatic heterocycles. The van der Waals surface area contributed by atoms with E-state index in [0.29, 0.717) is 5.92 Å². The molecule has 0 saturated carbocycles. The van der Waals surface area contributed by atoms with Crippen molar-refractivity contribution in [2.24, 2.45) is 0 Å². The summed E-state index contributed by atoms with van der Waals surface area (Å²) < 4.78 is 0. The molecular formula is C23H21NO2. The number of aromatic amines is 1. The first-order chi connectivity index (χ1) is 12.6. The zero-order valence-electron chi connectivity index (χ0n) is 14.9. The molecule has 3 nitrogen and oxygen atoms in total. The third-order valence-corrected chi connectivity index (χ3v) is 4.98. The molecule has 26 heavy (non-hydrogen) atoms. The lowest BCUT2D eigenvalue weighted by Gasteiger charge is -2.07. The van der Waals surface area contributed by atoms with Crippen LogP contribution >= 0.6 is 0 Å². The molecule has 1 heterocycles. The SMILES string of the molecule is CC(C)c1cccc2c(CC(=O)O)c(-c3cccc4ccccc34)[nH]c12. The van der Waals surface area contributed by atoms with Crippen molar-refractivity contribution >= 4 is 27.6 Å². The fraction of sp³-hybridized carbons (Fsp3) is 0.174. The lowest BCUT2D eigenvalue weighted by Crippen LogP contribution is -2.01. The van der Waals surface area contributed by atoms with Gasteiger partial charge in [-0.2, -0.15) is 0 Å². The Morgan fingerprint density at radius 2 is 1.65 bits per heavy atom. The predicted octanol–water partition coefficient (Wildman–Crippen LogP) is 5.74. The van der Waals surface area contributed by atoms with E-state index in [1.807, 2.05) is 30.3 Å². The molecule has 2 N–H and O–H groups in total. The highest BCUT2D eigenvalue weighted by molar-refractivity contribution is 6.02. The van der Waals surface area contributed by atoms with E-state index in [9.17, 15) is 9.90 Å². The van der Waals surface area contributed by atoms with Crippen molar-refractivity contribution in [3.8, 4) is 11.3 Å². The van der Waals surface area contributed by atoms with Crippen molar-refractivity contribution in [1.29, 1.82) is 0 Å². The van der Waals surface area contributed by atoms with Gasteiger partial charge >= 0.3 is 5.97 Å². The standard InChI is InChI=1S/C23H21NO2/c1-14(2)16-10-6-12-19-20(13-21(25)26)23(24-22(16)19)18-11-5-8-15-7-3-4-9-17(15)18/h3-12,14,24H,13H2,1-2H3,(H,25,26). The van der Waals surface area contributed by atoms with Crippen molar-refractivity contribution in [3.63, 3.8) is 0 Å². The topological polar surface area (TPSA) is 53.1 Å². The first-order valence-electron chi connectivity index (χ1n) is 8.89. The minimum atomic E-state index is -0.817. The molecule has 0 atom stereocenters. The molecule has 4 rings (SSSR count). The van der Waals surface area contributed by atoms with Gasteiger partial charge in [0.25, 0.3) is 0 Å². The maximum absolute atomic E-state index is 11.6. The van der Waals surface area contributed by atoms with Crippen molar-refractivity contribution in [2.45, 2.75) is 26.2 Å². The molecule has 0 unspecified atom stereocenters. The predicted molar refractivity (Wildman–Crippen MR) is 107 cm³/mol. The highest BCUT2D eigenvalue weighted by Gasteiger charge is 2.19. The van der Waals surface area contributed by atoms with Crippen LogP contribution in [0.2, 0.25) is 0 Å². The molecule has 0 bridgehead atoms. The van der Waals surface area contributed by atoms with Gasteiger partial charge in [0.05, 0.1) is 12.1 Å². The van der Waals surface area contributed by atoms with Crippen molar-refractivity contribution in [3.05, 3.63) is 71.8 Å². The maximum Gasteiger partial charge on any atom is 0.307 e. The zero-order valence-corrected chi connectivity index (χ0v) is 14.9. The largest absolute Gasteiger partial charge is 0.481 e. The zero-order chi connectivity index (χ0) is 18.3. The molecule has 0 radical (unpaired) electrons. The quantitative estimate of drug-likeness (QED) is 0.496. The summed E-state index contributed by atoms with van der Waals surface area (Å²) in [4.78, 5) is 15.1. The molecule has 3 heteroatoms. The minimum absolute atomic E-state index is 0.000102. The van der Waals surface area contributed by atoms with Crippen LogP contribution in [-0.4, -0.2) is 16.1 Å². The van der Waals surface area contributed by atoms with E-state index in [1.54, 1.807) is 0 Å². The van der Waals surface area contributed by atoms with Gasteiger partial charge in [0.2, 0.25) is 0 Å². The van der Waals surface area contributed by atoms with E-state index in [2.05, 4.69) is 49.2 Å². The van der Waals surface area contributed by atoms with Gasteiger partial charge in [-0.05, 0) is 27.8 Å². The van der Waals surface area contributed by atoms with E-state index >= 15 is 0 Å². The minimum Gasteiger partial charge on any atom is -0.481 e. The third-order valence-electron chi connectivity index (χ3n) is 4.98. The van der Waals surface area contributed by atoms with Gasteiger partial charge in [0, 0.05) is 16.5 Å². The lowest BCUT2D eigenvalue weighted by molar-refractivity contribution is -0.136. The highest BCUT2D eigenvalue weighted by Crippen LogP contribution is 2.37. The Morgan fingerprint density at radius 3 is 2.42 bits per heavy atom. The van der Waals surface area contributed by atoms with Crippen LogP contribution in [-0.2, 0) is 11.2 Å². The monoisotopic (exact) mass is 343 g/mol. The first kappa shape index (κ1) is 16.4. The van der Waals surface area contributed by atoms with Gasteiger partial charge in [-0.25, -0.2) is 0 Å². The van der Waals surface area contributed by atoms with Gasteiger partial charge < -0.3 is 10.1 Å². The maximum atomic E-state index is 11.6. The summed E-state index contributed by atoms with van der Waals surface area (Å²) >= 11 is 0. The fourth-order valence-electron chi connectivity index (χ4n) is 3.79. The van der Waals surface area contributed by atoms with Crippen LogP contribution in [0.15, 0.2) is 60.7 Å².